The molecule has 0 bridgehead atoms. The zero-order valence-electron chi connectivity index (χ0n) is 11.8. The van der Waals surface area contributed by atoms with Crippen LogP contribution in [0.4, 0.5) is 5.69 Å². The van der Waals surface area contributed by atoms with Crippen LogP contribution in [-0.4, -0.2) is 7.05 Å². The Balaban J connectivity index is 1.99. The average molecular weight is 273 g/mol. The van der Waals surface area contributed by atoms with E-state index in [-0.39, 0.29) is 0 Å². The molecular weight excluding hydrogens is 258 g/mol. The standard InChI is InChI=1S/C19H15NO/c1-20-15-8-10-19-17(12-15)16-11-14(7-9-18(16)21-19)13-5-3-2-4-6-13/h2-12,20H,1H3. The zero-order valence-corrected chi connectivity index (χ0v) is 11.8. The van der Waals surface area contributed by atoms with Gasteiger partial charge in [0.1, 0.15) is 11.2 Å². The van der Waals surface area contributed by atoms with Crippen molar-refractivity contribution in [1.29, 1.82) is 0 Å². The predicted molar refractivity (Wildman–Crippen MR) is 88.7 cm³/mol. The maximum atomic E-state index is 5.92. The first-order valence-electron chi connectivity index (χ1n) is 7.04. The summed E-state index contributed by atoms with van der Waals surface area (Å²) in [5.74, 6) is 0. The zero-order chi connectivity index (χ0) is 14.2. The molecule has 2 nitrogen and oxygen atoms in total. The van der Waals surface area contributed by atoms with Crippen molar-refractivity contribution in [3.8, 4) is 11.1 Å². The van der Waals surface area contributed by atoms with Crippen molar-refractivity contribution in [2.24, 2.45) is 0 Å². The van der Waals surface area contributed by atoms with Crippen molar-refractivity contribution in [3.05, 3.63) is 66.7 Å². The third kappa shape index (κ3) is 1.96. The molecule has 0 fully saturated rings. The maximum absolute atomic E-state index is 5.92. The molecule has 0 amide bonds. The minimum atomic E-state index is 0.925. The maximum Gasteiger partial charge on any atom is 0.135 e. The predicted octanol–water partition coefficient (Wildman–Crippen LogP) is 5.29. The van der Waals surface area contributed by atoms with Crippen LogP contribution in [0.3, 0.4) is 0 Å². The molecule has 2 heteroatoms. The van der Waals surface area contributed by atoms with Crippen LogP contribution >= 0.6 is 0 Å². The number of hydrogen-bond donors (Lipinski definition) is 1. The lowest BCUT2D eigenvalue weighted by Gasteiger charge is -2.01. The van der Waals surface area contributed by atoms with E-state index in [9.17, 15) is 0 Å². The van der Waals surface area contributed by atoms with E-state index in [4.69, 9.17) is 4.42 Å². The molecule has 21 heavy (non-hydrogen) atoms. The highest BCUT2D eigenvalue weighted by atomic mass is 16.3. The van der Waals surface area contributed by atoms with Crippen LogP contribution in [0, 0.1) is 0 Å². The summed E-state index contributed by atoms with van der Waals surface area (Å²) in [6.07, 6.45) is 0. The molecule has 4 aromatic rings. The number of anilines is 1. The molecule has 0 atom stereocenters. The molecule has 3 aromatic carbocycles. The van der Waals surface area contributed by atoms with Crippen molar-refractivity contribution >= 4 is 27.6 Å². The molecule has 0 aliphatic heterocycles. The van der Waals surface area contributed by atoms with E-state index >= 15 is 0 Å². The fourth-order valence-corrected chi connectivity index (χ4v) is 2.74. The third-order valence-electron chi connectivity index (χ3n) is 3.87. The summed E-state index contributed by atoms with van der Waals surface area (Å²) in [5, 5.41) is 5.48. The highest BCUT2D eigenvalue weighted by Crippen LogP contribution is 2.33. The highest BCUT2D eigenvalue weighted by molar-refractivity contribution is 6.07. The summed E-state index contributed by atoms with van der Waals surface area (Å²) in [5.41, 5.74) is 5.38. The van der Waals surface area contributed by atoms with E-state index in [1.807, 2.05) is 25.2 Å². The summed E-state index contributed by atoms with van der Waals surface area (Å²) >= 11 is 0. The number of nitrogens with one attached hydrogen (secondary N) is 1. The van der Waals surface area contributed by atoms with Crippen molar-refractivity contribution in [2.75, 3.05) is 12.4 Å². The Bertz CT molecular complexity index is 922. The first-order valence-corrected chi connectivity index (χ1v) is 7.04. The molecule has 1 N–H and O–H groups in total. The summed E-state index contributed by atoms with van der Waals surface area (Å²) < 4.78 is 5.92. The van der Waals surface area contributed by atoms with Gasteiger partial charge >= 0.3 is 0 Å². The molecule has 102 valence electrons. The summed E-state index contributed by atoms with van der Waals surface area (Å²) in [4.78, 5) is 0. The van der Waals surface area contributed by atoms with E-state index in [0.717, 1.165) is 27.6 Å². The molecule has 4 rings (SSSR count). The Labute approximate surface area is 123 Å². The summed E-state index contributed by atoms with van der Waals surface area (Å²) in [6.45, 7) is 0. The molecule has 0 aliphatic rings. The van der Waals surface area contributed by atoms with E-state index < -0.39 is 0 Å². The average Bonchev–Trinajstić information content (AvgIpc) is 2.92. The van der Waals surface area contributed by atoms with Crippen LogP contribution in [-0.2, 0) is 0 Å². The number of benzene rings is 3. The largest absolute Gasteiger partial charge is 0.456 e. The highest BCUT2D eigenvalue weighted by Gasteiger charge is 2.08. The fourth-order valence-electron chi connectivity index (χ4n) is 2.74. The van der Waals surface area contributed by atoms with Gasteiger partial charge < -0.3 is 9.73 Å². The Morgan fingerprint density at radius 3 is 2.19 bits per heavy atom. The molecular formula is C19H15NO. The third-order valence-corrected chi connectivity index (χ3v) is 3.87. The Hall–Kier alpha value is -2.74. The van der Waals surface area contributed by atoms with Crippen LogP contribution in [0.1, 0.15) is 0 Å². The second-order valence-corrected chi connectivity index (χ2v) is 5.14. The topological polar surface area (TPSA) is 25.2 Å². The van der Waals surface area contributed by atoms with Gasteiger partial charge in [-0.2, -0.15) is 0 Å². The van der Waals surface area contributed by atoms with Gasteiger partial charge in [0.2, 0.25) is 0 Å². The molecule has 0 radical (unpaired) electrons. The van der Waals surface area contributed by atoms with Gasteiger partial charge in [0.25, 0.3) is 0 Å². The lowest BCUT2D eigenvalue weighted by Crippen LogP contribution is -1.85. The summed E-state index contributed by atoms with van der Waals surface area (Å²) in [7, 11) is 1.93. The van der Waals surface area contributed by atoms with Crippen LogP contribution < -0.4 is 5.32 Å². The minimum Gasteiger partial charge on any atom is -0.456 e. The van der Waals surface area contributed by atoms with E-state index in [0.29, 0.717) is 0 Å². The minimum absolute atomic E-state index is 0.925. The van der Waals surface area contributed by atoms with Crippen molar-refractivity contribution < 1.29 is 4.42 Å². The molecule has 1 aromatic heterocycles. The van der Waals surface area contributed by atoms with E-state index in [1.54, 1.807) is 0 Å². The quantitative estimate of drug-likeness (QED) is 0.536. The monoisotopic (exact) mass is 273 g/mol. The van der Waals surface area contributed by atoms with Gasteiger partial charge in [0.15, 0.2) is 0 Å². The van der Waals surface area contributed by atoms with Crippen LogP contribution in [0.25, 0.3) is 33.1 Å². The van der Waals surface area contributed by atoms with Crippen LogP contribution in [0.15, 0.2) is 71.1 Å². The van der Waals surface area contributed by atoms with Crippen molar-refractivity contribution in [2.45, 2.75) is 0 Å². The van der Waals surface area contributed by atoms with Crippen molar-refractivity contribution in [3.63, 3.8) is 0 Å². The van der Waals surface area contributed by atoms with Gasteiger partial charge in [-0.3, -0.25) is 0 Å². The first-order chi connectivity index (χ1) is 10.3. The number of rotatable bonds is 2. The van der Waals surface area contributed by atoms with Gasteiger partial charge in [0, 0.05) is 23.5 Å². The first kappa shape index (κ1) is 12.0. The van der Waals surface area contributed by atoms with Crippen LogP contribution in [0.5, 0.6) is 0 Å². The molecule has 0 unspecified atom stereocenters. The second kappa shape index (κ2) is 4.67. The van der Waals surface area contributed by atoms with Gasteiger partial charge in [0.05, 0.1) is 0 Å². The number of fused-ring (bicyclic) bond motifs is 3. The lowest BCUT2D eigenvalue weighted by atomic mass is 10.0. The van der Waals surface area contributed by atoms with Gasteiger partial charge in [-0.1, -0.05) is 36.4 Å². The number of hydrogen-bond acceptors (Lipinski definition) is 2. The SMILES string of the molecule is CNc1ccc2oc3ccc(-c4ccccc4)cc3c2c1. The van der Waals surface area contributed by atoms with E-state index in [1.165, 1.54) is 11.1 Å². The van der Waals surface area contributed by atoms with E-state index in [2.05, 4.69) is 53.8 Å². The van der Waals surface area contributed by atoms with Crippen molar-refractivity contribution in [1.82, 2.24) is 0 Å². The fraction of sp³-hybridized carbons (Fsp3) is 0.0526. The molecule has 0 saturated heterocycles. The molecule has 1 heterocycles. The summed E-state index contributed by atoms with van der Waals surface area (Å²) in [6, 6.07) is 23.0. The molecule has 0 saturated carbocycles. The Morgan fingerprint density at radius 2 is 1.43 bits per heavy atom. The normalized spacial score (nSPS) is 11.1. The molecule has 0 spiro atoms. The smallest absolute Gasteiger partial charge is 0.135 e. The Morgan fingerprint density at radius 1 is 0.714 bits per heavy atom. The van der Waals surface area contributed by atoms with Crippen LogP contribution in [0.2, 0.25) is 0 Å². The second-order valence-electron chi connectivity index (χ2n) is 5.14. The number of furan rings is 1. The molecule has 0 aliphatic carbocycles. The lowest BCUT2D eigenvalue weighted by molar-refractivity contribution is 0.669. The Kier molecular flexibility index (Phi) is 2.68. The van der Waals surface area contributed by atoms with Gasteiger partial charge in [-0.25, -0.2) is 0 Å². The van der Waals surface area contributed by atoms with Gasteiger partial charge in [-0.05, 0) is 41.5 Å². The van der Waals surface area contributed by atoms with Gasteiger partial charge in [-0.15, -0.1) is 0 Å².